The van der Waals surface area contributed by atoms with Crippen LogP contribution in [0.4, 0.5) is 0 Å². The maximum absolute atomic E-state index is 9.96. The van der Waals surface area contributed by atoms with Gasteiger partial charge in [-0.1, -0.05) is 0 Å². The minimum Gasteiger partial charge on any atom is -0.329 e. The molecule has 0 aliphatic carbocycles. The van der Waals surface area contributed by atoms with E-state index >= 15 is 0 Å². The molecule has 0 aromatic carbocycles. The second-order valence-corrected chi connectivity index (χ2v) is 2.97. The fourth-order valence-corrected chi connectivity index (χ4v) is 0.705. The molecular weight excluding hydrogens is 144 g/mol. The van der Waals surface area contributed by atoms with Crippen molar-refractivity contribution in [1.82, 2.24) is 5.32 Å². The summed E-state index contributed by atoms with van der Waals surface area (Å²) in [6.07, 6.45) is 0. The molecule has 56 valence electrons. The van der Waals surface area contributed by atoms with Gasteiger partial charge in [0.05, 0.1) is 0 Å². The van der Waals surface area contributed by atoms with Gasteiger partial charge in [-0.2, -0.15) is 8.42 Å². The van der Waals surface area contributed by atoms with Crippen molar-refractivity contribution >= 4 is 10.1 Å². The number of nitrogens with one attached hydrogen (secondary N) is 1. The third-order valence-electron chi connectivity index (χ3n) is 0.606. The number of nitrogens with two attached hydrogens (primary N) is 1. The van der Waals surface area contributed by atoms with Crippen LogP contribution in [0.5, 0.6) is 0 Å². The Labute approximate surface area is 54.0 Å². The molecule has 0 aliphatic rings. The zero-order valence-corrected chi connectivity index (χ0v) is 5.69. The minimum atomic E-state index is -3.86. The average Bonchev–Trinajstić information content (AvgIpc) is 1.63. The van der Waals surface area contributed by atoms with Crippen LogP contribution in [0.3, 0.4) is 0 Å². The lowest BCUT2D eigenvalue weighted by Crippen LogP contribution is -2.27. The minimum absolute atomic E-state index is 0.357. The lowest BCUT2D eigenvalue weighted by atomic mass is 10.7. The Morgan fingerprint density at radius 3 is 2.44 bits per heavy atom. The Morgan fingerprint density at radius 2 is 2.11 bits per heavy atom. The first-order valence-electron chi connectivity index (χ1n) is 2.42. The van der Waals surface area contributed by atoms with Gasteiger partial charge < -0.3 is 11.1 Å². The molecule has 0 heterocycles. The normalized spacial score (nSPS) is 11.8. The summed E-state index contributed by atoms with van der Waals surface area (Å²) < 4.78 is 28.0. The predicted octanol–water partition coefficient (Wildman–Crippen LogP) is -1.62. The van der Waals surface area contributed by atoms with Crippen molar-refractivity contribution in [3.63, 3.8) is 0 Å². The molecule has 0 radical (unpaired) electrons. The van der Waals surface area contributed by atoms with Gasteiger partial charge in [0.1, 0.15) is 5.88 Å². The molecule has 0 fully saturated rings. The van der Waals surface area contributed by atoms with Crippen molar-refractivity contribution < 1.29 is 13.0 Å². The molecule has 0 atom stereocenters. The Balaban J connectivity index is 3.30. The van der Waals surface area contributed by atoms with Crippen molar-refractivity contribution in [1.29, 1.82) is 0 Å². The van der Waals surface area contributed by atoms with E-state index in [2.05, 4.69) is 5.32 Å². The van der Waals surface area contributed by atoms with Crippen molar-refractivity contribution in [2.75, 3.05) is 19.0 Å². The molecule has 0 unspecified atom stereocenters. The molecule has 6 heteroatoms. The van der Waals surface area contributed by atoms with Gasteiger partial charge in [-0.3, -0.25) is 4.55 Å². The van der Waals surface area contributed by atoms with Gasteiger partial charge in [0, 0.05) is 13.1 Å². The van der Waals surface area contributed by atoms with Gasteiger partial charge in [-0.15, -0.1) is 0 Å². The third kappa shape index (κ3) is 7.83. The van der Waals surface area contributed by atoms with Crippen LogP contribution in [-0.4, -0.2) is 31.9 Å². The fourth-order valence-electron chi connectivity index (χ4n) is 0.303. The summed E-state index contributed by atoms with van der Waals surface area (Å²) in [5.41, 5.74) is 5.02. The Morgan fingerprint density at radius 1 is 1.56 bits per heavy atom. The second kappa shape index (κ2) is 3.78. The van der Waals surface area contributed by atoms with Gasteiger partial charge in [-0.05, 0) is 0 Å². The lowest BCUT2D eigenvalue weighted by Gasteiger charge is -1.96. The maximum atomic E-state index is 9.96. The SMILES string of the molecule is NCCNCS(=O)(=O)O. The number of hydrogen-bond donors (Lipinski definition) is 3. The topological polar surface area (TPSA) is 92.4 Å². The van der Waals surface area contributed by atoms with E-state index in [1.165, 1.54) is 0 Å². The summed E-state index contributed by atoms with van der Waals surface area (Å²) in [5.74, 6) is -0.426. The van der Waals surface area contributed by atoms with E-state index in [1.807, 2.05) is 0 Å². The van der Waals surface area contributed by atoms with Crippen molar-refractivity contribution in [2.45, 2.75) is 0 Å². The summed E-state index contributed by atoms with van der Waals surface area (Å²) in [6, 6.07) is 0. The molecule has 0 aromatic heterocycles. The zero-order chi connectivity index (χ0) is 7.33. The quantitative estimate of drug-likeness (QED) is 0.334. The molecule has 4 N–H and O–H groups in total. The molecule has 0 rings (SSSR count). The Hall–Kier alpha value is -0.170. The van der Waals surface area contributed by atoms with Crippen molar-refractivity contribution in [3.05, 3.63) is 0 Å². The first-order valence-corrected chi connectivity index (χ1v) is 4.03. The van der Waals surface area contributed by atoms with E-state index < -0.39 is 16.0 Å². The van der Waals surface area contributed by atoms with Crippen LogP contribution in [0.1, 0.15) is 0 Å². The zero-order valence-electron chi connectivity index (χ0n) is 4.87. The van der Waals surface area contributed by atoms with Crippen LogP contribution in [0.15, 0.2) is 0 Å². The van der Waals surface area contributed by atoms with E-state index in [9.17, 15) is 8.42 Å². The summed E-state index contributed by atoms with van der Waals surface area (Å²) in [5, 5.41) is 2.41. The maximum Gasteiger partial charge on any atom is 0.278 e. The monoisotopic (exact) mass is 154 g/mol. The first kappa shape index (κ1) is 8.83. The molecule has 0 spiro atoms. The van der Waals surface area contributed by atoms with Crippen LogP contribution in [0, 0.1) is 0 Å². The highest BCUT2D eigenvalue weighted by molar-refractivity contribution is 7.85. The van der Waals surface area contributed by atoms with E-state index in [4.69, 9.17) is 10.3 Å². The van der Waals surface area contributed by atoms with Gasteiger partial charge in [-0.25, -0.2) is 0 Å². The van der Waals surface area contributed by atoms with E-state index in [-0.39, 0.29) is 0 Å². The number of hydrogen-bond acceptors (Lipinski definition) is 4. The molecular formula is C3H10N2O3S. The largest absolute Gasteiger partial charge is 0.329 e. The molecule has 5 nitrogen and oxygen atoms in total. The standard InChI is InChI=1S/C3H10N2O3S/c4-1-2-5-3-9(6,7)8/h5H,1-4H2,(H,6,7,8). The van der Waals surface area contributed by atoms with Gasteiger partial charge in [0.25, 0.3) is 10.1 Å². The third-order valence-corrected chi connectivity index (χ3v) is 1.17. The van der Waals surface area contributed by atoms with Crippen molar-refractivity contribution in [2.24, 2.45) is 5.73 Å². The molecule has 0 bridgehead atoms. The van der Waals surface area contributed by atoms with E-state index in [0.717, 1.165) is 0 Å². The van der Waals surface area contributed by atoms with E-state index in [0.29, 0.717) is 13.1 Å². The summed E-state index contributed by atoms with van der Waals surface area (Å²) in [6.45, 7) is 0.745. The smallest absolute Gasteiger partial charge is 0.278 e. The predicted molar refractivity (Wildman–Crippen MR) is 33.5 cm³/mol. The Bertz CT molecular complexity index is 152. The highest BCUT2D eigenvalue weighted by Crippen LogP contribution is 1.73. The van der Waals surface area contributed by atoms with Crippen LogP contribution in [0.25, 0.3) is 0 Å². The van der Waals surface area contributed by atoms with Gasteiger partial charge in [0.2, 0.25) is 0 Å². The highest BCUT2D eigenvalue weighted by atomic mass is 32.2. The van der Waals surface area contributed by atoms with E-state index in [1.54, 1.807) is 0 Å². The average molecular weight is 154 g/mol. The molecule has 9 heavy (non-hydrogen) atoms. The Kier molecular flexibility index (Phi) is 3.71. The van der Waals surface area contributed by atoms with Crippen LogP contribution in [-0.2, 0) is 10.1 Å². The summed E-state index contributed by atoms with van der Waals surface area (Å²) in [4.78, 5) is 0. The molecule has 0 aliphatic heterocycles. The van der Waals surface area contributed by atoms with Gasteiger partial charge >= 0.3 is 0 Å². The lowest BCUT2D eigenvalue weighted by molar-refractivity contribution is 0.477. The van der Waals surface area contributed by atoms with Gasteiger partial charge in [0.15, 0.2) is 0 Å². The summed E-state index contributed by atoms with van der Waals surface area (Å²) >= 11 is 0. The number of rotatable bonds is 4. The molecule has 0 aromatic rings. The first-order chi connectivity index (χ1) is 4.06. The second-order valence-electron chi connectivity index (χ2n) is 1.51. The van der Waals surface area contributed by atoms with Crippen LogP contribution in [0.2, 0.25) is 0 Å². The molecule has 0 saturated heterocycles. The van der Waals surface area contributed by atoms with Crippen LogP contribution < -0.4 is 11.1 Å². The summed E-state index contributed by atoms with van der Waals surface area (Å²) in [7, 11) is -3.86. The highest BCUT2D eigenvalue weighted by Gasteiger charge is 2.00. The fraction of sp³-hybridized carbons (Fsp3) is 1.00. The molecule has 0 amide bonds. The molecule has 0 saturated carbocycles. The van der Waals surface area contributed by atoms with Crippen LogP contribution >= 0.6 is 0 Å². The van der Waals surface area contributed by atoms with Crippen molar-refractivity contribution in [3.8, 4) is 0 Å².